The van der Waals surface area contributed by atoms with E-state index >= 15 is 0 Å². The van der Waals surface area contributed by atoms with Gasteiger partial charge in [0, 0.05) is 0 Å². The van der Waals surface area contributed by atoms with Gasteiger partial charge in [-0.3, -0.25) is 9.40 Å². The van der Waals surface area contributed by atoms with Crippen molar-refractivity contribution in [2.24, 2.45) is 0 Å². The van der Waals surface area contributed by atoms with Crippen molar-refractivity contribution in [2.45, 2.75) is 50.0 Å². The third-order valence-electron chi connectivity index (χ3n) is 5.77. The van der Waals surface area contributed by atoms with Crippen LogP contribution in [0.3, 0.4) is 0 Å². The maximum absolute atomic E-state index is 10.5. The van der Waals surface area contributed by atoms with E-state index in [0.717, 1.165) is 17.7 Å². The SMILES string of the molecule is C[C@@H]1Oc2ccccc2C[C@@H]1NOC[C@H]1O[C@@H](n2cnc3c(N)ncnc32)[C@H](O)[C@@H]1O. The maximum Gasteiger partial charge on any atom is 0.167 e. The van der Waals surface area contributed by atoms with Gasteiger partial charge in [-0.1, -0.05) is 18.2 Å². The number of para-hydroxylation sites is 1. The minimum Gasteiger partial charge on any atom is -0.489 e. The van der Waals surface area contributed by atoms with E-state index < -0.39 is 24.5 Å². The number of aliphatic hydroxyl groups is 2. The van der Waals surface area contributed by atoms with E-state index in [1.807, 2.05) is 31.2 Å². The number of aliphatic hydroxyl groups excluding tert-OH is 2. The van der Waals surface area contributed by atoms with Crippen LogP contribution in [0, 0.1) is 0 Å². The van der Waals surface area contributed by atoms with Crippen LogP contribution in [0.4, 0.5) is 5.82 Å². The second-order valence-electron chi connectivity index (χ2n) is 7.80. The van der Waals surface area contributed by atoms with E-state index in [2.05, 4.69) is 20.4 Å². The third-order valence-corrected chi connectivity index (χ3v) is 5.77. The van der Waals surface area contributed by atoms with Crippen LogP contribution in [-0.4, -0.2) is 66.8 Å². The first-order valence-electron chi connectivity index (χ1n) is 10.1. The molecular weight excluding hydrogens is 404 g/mol. The van der Waals surface area contributed by atoms with Crippen LogP contribution >= 0.6 is 0 Å². The fourth-order valence-corrected chi connectivity index (χ4v) is 4.00. The molecule has 5 N–H and O–H groups in total. The Hall–Kier alpha value is -2.83. The number of rotatable bonds is 5. The second kappa shape index (κ2) is 8.02. The first kappa shape index (κ1) is 20.1. The minimum absolute atomic E-state index is 0.0311. The zero-order valence-corrected chi connectivity index (χ0v) is 16.8. The monoisotopic (exact) mass is 428 g/mol. The number of nitrogens with zero attached hydrogens (tertiary/aromatic N) is 4. The van der Waals surface area contributed by atoms with Crippen LogP contribution in [-0.2, 0) is 16.0 Å². The highest BCUT2D eigenvalue weighted by Crippen LogP contribution is 2.32. The highest BCUT2D eigenvalue weighted by atomic mass is 16.7. The summed E-state index contributed by atoms with van der Waals surface area (Å²) in [7, 11) is 0. The molecule has 11 heteroatoms. The molecule has 164 valence electrons. The predicted octanol–water partition coefficient (Wildman–Crippen LogP) is -0.0589. The number of anilines is 1. The lowest BCUT2D eigenvalue weighted by atomic mass is 9.99. The lowest BCUT2D eigenvalue weighted by molar-refractivity contribution is -0.1000. The van der Waals surface area contributed by atoms with Gasteiger partial charge in [0.15, 0.2) is 17.7 Å². The molecule has 1 fully saturated rings. The Morgan fingerprint density at radius 3 is 2.94 bits per heavy atom. The van der Waals surface area contributed by atoms with Crippen molar-refractivity contribution in [3.05, 3.63) is 42.5 Å². The van der Waals surface area contributed by atoms with Gasteiger partial charge in [0.25, 0.3) is 0 Å². The molecule has 1 saturated heterocycles. The third kappa shape index (κ3) is 3.60. The number of fused-ring (bicyclic) bond motifs is 2. The molecule has 11 nitrogen and oxygen atoms in total. The zero-order chi connectivity index (χ0) is 21.5. The van der Waals surface area contributed by atoms with Gasteiger partial charge < -0.3 is 25.4 Å². The number of hydrogen-bond acceptors (Lipinski definition) is 10. The number of nitrogens with one attached hydrogen (secondary N) is 1. The molecule has 0 aliphatic carbocycles. The van der Waals surface area contributed by atoms with Gasteiger partial charge in [0.05, 0.1) is 19.0 Å². The van der Waals surface area contributed by atoms with Gasteiger partial charge in [-0.2, -0.15) is 5.48 Å². The molecule has 3 aromatic rings. The molecular formula is C20H24N6O5. The molecule has 4 heterocycles. The fraction of sp³-hybridized carbons (Fsp3) is 0.450. The summed E-state index contributed by atoms with van der Waals surface area (Å²) in [5, 5.41) is 21.0. The molecule has 5 rings (SSSR count). The standard InChI is InChI=1S/C20H24N6O5/c1-10-12(6-11-4-2-3-5-13(11)30-10)25-29-7-14-16(27)17(28)20(31-14)26-9-24-15-18(21)22-8-23-19(15)26/h2-5,8-10,12,14,16-17,20,25,27-28H,6-7H2,1H3,(H2,21,22,23)/t10-,12-,14+,16+,17+,20+/m0/s1. The van der Waals surface area contributed by atoms with E-state index in [-0.39, 0.29) is 24.6 Å². The average molecular weight is 428 g/mol. The Morgan fingerprint density at radius 1 is 1.23 bits per heavy atom. The topological polar surface area (TPSA) is 150 Å². The molecule has 31 heavy (non-hydrogen) atoms. The molecule has 2 aromatic heterocycles. The van der Waals surface area contributed by atoms with E-state index in [1.54, 1.807) is 0 Å². The van der Waals surface area contributed by atoms with Gasteiger partial charge in [-0.25, -0.2) is 15.0 Å². The smallest absolute Gasteiger partial charge is 0.167 e. The fourth-order valence-electron chi connectivity index (χ4n) is 4.00. The molecule has 6 atom stereocenters. The van der Waals surface area contributed by atoms with Crippen molar-refractivity contribution < 1.29 is 24.5 Å². The lowest BCUT2D eigenvalue weighted by Crippen LogP contribution is -2.47. The van der Waals surface area contributed by atoms with Crippen LogP contribution in [0.5, 0.6) is 5.75 Å². The highest BCUT2D eigenvalue weighted by molar-refractivity contribution is 5.81. The summed E-state index contributed by atoms with van der Waals surface area (Å²) in [4.78, 5) is 17.9. The zero-order valence-electron chi connectivity index (χ0n) is 16.8. The highest BCUT2D eigenvalue weighted by Gasteiger charge is 2.44. The van der Waals surface area contributed by atoms with Crippen molar-refractivity contribution in [3.63, 3.8) is 0 Å². The number of hydrogen-bond donors (Lipinski definition) is 4. The van der Waals surface area contributed by atoms with Crippen LogP contribution in [0.15, 0.2) is 36.9 Å². The van der Waals surface area contributed by atoms with Crippen LogP contribution in [0.1, 0.15) is 18.7 Å². The van der Waals surface area contributed by atoms with Crippen LogP contribution < -0.4 is 16.0 Å². The Labute approximate surface area is 177 Å². The number of nitrogens with two attached hydrogens (primary N) is 1. The Bertz CT molecular complexity index is 1080. The van der Waals surface area contributed by atoms with Gasteiger partial charge in [0.2, 0.25) is 0 Å². The molecule has 2 aliphatic rings. The first-order chi connectivity index (χ1) is 15.0. The molecule has 0 amide bonds. The Balaban J connectivity index is 1.22. The van der Waals surface area contributed by atoms with Crippen molar-refractivity contribution >= 4 is 17.0 Å². The second-order valence-corrected chi connectivity index (χ2v) is 7.80. The predicted molar refractivity (Wildman–Crippen MR) is 109 cm³/mol. The number of aromatic nitrogens is 4. The van der Waals surface area contributed by atoms with Crippen molar-refractivity contribution in [1.82, 2.24) is 25.0 Å². The van der Waals surface area contributed by atoms with E-state index in [9.17, 15) is 10.2 Å². The van der Waals surface area contributed by atoms with E-state index in [0.29, 0.717) is 11.2 Å². The molecule has 0 spiro atoms. The largest absolute Gasteiger partial charge is 0.489 e. The van der Waals surface area contributed by atoms with Gasteiger partial charge in [-0.05, 0) is 25.0 Å². The summed E-state index contributed by atoms with van der Waals surface area (Å²) < 4.78 is 13.3. The summed E-state index contributed by atoms with van der Waals surface area (Å²) in [6.45, 7) is 2.00. The molecule has 0 radical (unpaired) electrons. The van der Waals surface area contributed by atoms with Crippen molar-refractivity contribution in [2.75, 3.05) is 12.3 Å². The van der Waals surface area contributed by atoms with Crippen molar-refractivity contribution in [1.29, 1.82) is 0 Å². The molecule has 0 bridgehead atoms. The Morgan fingerprint density at radius 2 is 2.06 bits per heavy atom. The van der Waals surface area contributed by atoms with E-state index in [4.69, 9.17) is 20.0 Å². The number of nitrogen functional groups attached to an aromatic ring is 1. The summed E-state index contributed by atoms with van der Waals surface area (Å²) >= 11 is 0. The number of imidazole rings is 1. The molecule has 0 saturated carbocycles. The average Bonchev–Trinajstić information content (AvgIpc) is 3.31. The van der Waals surface area contributed by atoms with Gasteiger partial charge >= 0.3 is 0 Å². The van der Waals surface area contributed by atoms with Crippen LogP contribution in [0.2, 0.25) is 0 Å². The quantitative estimate of drug-likeness (QED) is 0.407. The summed E-state index contributed by atoms with van der Waals surface area (Å²) in [5.74, 6) is 1.11. The summed E-state index contributed by atoms with van der Waals surface area (Å²) in [6.07, 6.45) is -0.554. The summed E-state index contributed by atoms with van der Waals surface area (Å²) in [6, 6.07) is 7.82. The summed E-state index contributed by atoms with van der Waals surface area (Å²) in [5.41, 5.74) is 10.7. The van der Waals surface area contributed by atoms with Gasteiger partial charge in [0.1, 0.15) is 42.0 Å². The lowest BCUT2D eigenvalue weighted by Gasteiger charge is -2.32. The van der Waals surface area contributed by atoms with Crippen molar-refractivity contribution in [3.8, 4) is 5.75 Å². The molecule has 2 aliphatic heterocycles. The van der Waals surface area contributed by atoms with Crippen LogP contribution in [0.25, 0.3) is 11.2 Å². The first-order valence-corrected chi connectivity index (χ1v) is 10.1. The molecule has 1 aromatic carbocycles. The number of ether oxygens (including phenoxy) is 2. The maximum atomic E-state index is 10.5. The Kier molecular flexibility index (Phi) is 5.20. The normalized spacial score (nSPS) is 30.3. The molecule has 0 unspecified atom stereocenters. The minimum atomic E-state index is -1.19. The number of benzene rings is 1. The van der Waals surface area contributed by atoms with Gasteiger partial charge in [-0.15, -0.1) is 0 Å². The number of hydroxylamine groups is 1. The van der Waals surface area contributed by atoms with E-state index in [1.165, 1.54) is 17.2 Å².